The van der Waals surface area contributed by atoms with Gasteiger partial charge in [0.2, 0.25) is 27.7 Å². The zero-order valence-corrected chi connectivity index (χ0v) is 44.8. The van der Waals surface area contributed by atoms with Crippen molar-refractivity contribution in [1.29, 1.82) is 0 Å². The average molecular weight is 1030 g/mol. The summed E-state index contributed by atoms with van der Waals surface area (Å²) in [5.74, 6) is -4.28. The highest BCUT2D eigenvalue weighted by molar-refractivity contribution is 7.90. The minimum absolute atomic E-state index is 0.000925. The molecule has 1 N–H and O–H groups in total. The predicted octanol–water partition coefficient (Wildman–Crippen LogP) is 6.64. The first kappa shape index (κ1) is 59.3. The van der Waals surface area contributed by atoms with Crippen molar-refractivity contribution < 1.29 is 61.1 Å². The maximum absolute atomic E-state index is 14.5. The van der Waals surface area contributed by atoms with E-state index in [1.54, 1.807) is 35.9 Å². The van der Waals surface area contributed by atoms with E-state index in [-0.39, 0.29) is 90.0 Å². The number of ketones is 2. The summed E-state index contributed by atoms with van der Waals surface area (Å²) in [6, 6.07) is 9.45. The SMILES string of the molecule is CC[C@H](C)[C@@H]([C@@H](CC(=O)N1CCC[C@H]1[C@H](OC)[C@@H](C)C(=O)C[C@@H](Cc1ccc(OC(=O)Oc2ccc([N+](=O)[O-])cc2)cc1)C(=O)NS(=O)(=O)C1CC1)OC)N(C)C(=O)[C@@H](CC(=O)[C@H](C(C)C)N(C)C)C(C)C. The summed E-state index contributed by atoms with van der Waals surface area (Å²) in [5, 5.41) is 10.3. The zero-order valence-electron chi connectivity index (χ0n) is 44.0. The number of nitrogens with zero attached hydrogens (tertiary/aromatic N) is 4. The number of nitro benzene ring substituents is 1. The van der Waals surface area contributed by atoms with Crippen LogP contribution in [-0.4, -0.2) is 141 Å². The van der Waals surface area contributed by atoms with Gasteiger partial charge in [-0.05, 0) is 93.8 Å². The van der Waals surface area contributed by atoms with Crippen LogP contribution in [0.4, 0.5) is 10.5 Å². The Hall–Kier alpha value is -5.31. The number of nitrogens with one attached hydrogen (secondary N) is 1. The van der Waals surface area contributed by atoms with Crippen molar-refractivity contribution in [2.45, 2.75) is 142 Å². The van der Waals surface area contributed by atoms with Gasteiger partial charge in [-0.15, -0.1) is 0 Å². The minimum atomic E-state index is -3.97. The maximum Gasteiger partial charge on any atom is 0.519 e. The Kier molecular flexibility index (Phi) is 21.9. The Labute approximate surface area is 425 Å². The van der Waals surface area contributed by atoms with Crippen LogP contribution in [0.15, 0.2) is 48.5 Å². The summed E-state index contributed by atoms with van der Waals surface area (Å²) in [6.07, 6.45) is -0.324. The van der Waals surface area contributed by atoms with E-state index in [0.717, 1.165) is 0 Å². The third-order valence-electron chi connectivity index (χ3n) is 14.3. The first-order chi connectivity index (χ1) is 33.8. The molecule has 0 unspecified atom stereocenters. The summed E-state index contributed by atoms with van der Waals surface area (Å²) in [6.45, 7) is 13.9. The molecular weight excluding hydrogens is 951 g/mol. The van der Waals surface area contributed by atoms with Crippen LogP contribution < -0.4 is 14.2 Å². The summed E-state index contributed by atoms with van der Waals surface area (Å²) >= 11 is 0. The summed E-state index contributed by atoms with van der Waals surface area (Å²) < 4.78 is 50.5. The zero-order chi connectivity index (χ0) is 53.8. The van der Waals surface area contributed by atoms with Gasteiger partial charge in [0.05, 0.1) is 46.9 Å². The molecule has 3 amide bonds. The van der Waals surface area contributed by atoms with E-state index in [9.17, 15) is 47.3 Å². The van der Waals surface area contributed by atoms with E-state index in [1.807, 2.05) is 60.5 Å². The lowest BCUT2D eigenvalue weighted by molar-refractivity contribution is -0.384. The number of rotatable bonds is 28. The van der Waals surface area contributed by atoms with Gasteiger partial charge in [-0.1, -0.05) is 67.0 Å². The topological polar surface area (TPSA) is 238 Å². The van der Waals surface area contributed by atoms with Crippen LogP contribution in [0.5, 0.6) is 11.5 Å². The largest absolute Gasteiger partial charge is 0.519 e. The number of amides is 3. The smallest absolute Gasteiger partial charge is 0.395 e. The molecule has 1 heterocycles. The van der Waals surface area contributed by atoms with Crippen molar-refractivity contribution in [2.24, 2.45) is 35.5 Å². The molecule has 2 aliphatic rings. The Bertz CT molecular complexity index is 2300. The number of likely N-dealkylation sites (N-methyl/N-ethyl adjacent to an activating group) is 2. The monoisotopic (exact) mass is 1030 g/mol. The van der Waals surface area contributed by atoms with Crippen molar-refractivity contribution in [3.63, 3.8) is 0 Å². The molecule has 20 heteroatoms. The number of ether oxygens (including phenoxy) is 4. The fraction of sp³-hybridized carbons (Fsp3) is 0.654. The number of carbonyl (C=O) groups excluding carboxylic acids is 6. The number of non-ortho nitro benzene ring substituents is 1. The van der Waals surface area contributed by atoms with Crippen molar-refractivity contribution in [2.75, 3.05) is 41.9 Å². The normalized spacial score (nSPS) is 18.4. The van der Waals surface area contributed by atoms with Gasteiger partial charge >= 0.3 is 6.16 Å². The highest BCUT2D eigenvalue weighted by Gasteiger charge is 2.44. The fourth-order valence-electron chi connectivity index (χ4n) is 10.0. The average Bonchev–Trinajstić information content (AvgIpc) is 4.08. The lowest BCUT2D eigenvalue weighted by Gasteiger charge is -2.41. The molecule has 19 nitrogen and oxygen atoms in total. The lowest BCUT2D eigenvalue weighted by Crippen LogP contribution is -2.54. The highest BCUT2D eigenvalue weighted by Crippen LogP contribution is 2.33. The van der Waals surface area contributed by atoms with Gasteiger partial charge in [-0.25, -0.2) is 13.2 Å². The molecule has 0 bridgehead atoms. The molecular formula is C52H77N5O14S. The van der Waals surface area contributed by atoms with Gasteiger partial charge in [0.15, 0.2) is 5.78 Å². The molecule has 2 aromatic rings. The Morgan fingerprint density at radius 3 is 1.88 bits per heavy atom. The van der Waals surface area contributed by atoms with E-state index in [2.05, 4.69) is 4.72 Å². The van der Waals surface area contributed by atoms with Crippen LogP contribution in [0.2, 0.25) is 0 Å². The van der Waals surface area contributed by atoms with Crippen molar-refractivity contribution in [1.82, 2.24) is 19.4 Å². The molecule has 0 aromatic heterocycles. The molecule has 4 rings (SSSR count). The van der Waals surface area contributed by atoms with Gasteiger partial charge in [-0.3, -0.25) is 43.7 Å². The standard InChI is InChI=1S/C52H77N5O14S/c1-13-33(6)48(55(10)51(62)41(31(2)3)29-44(59)47(32(4)5)54(8)9)45(68-11)30-46(60)56-26-14-15-42(56)49(69-12)34(7)43(58)28-36(50(61)53-72(66,67)40-24-25-40)27-35-16-20-38(21-17-35)70-52(63)71-39-22-18-37(19-23-39)57(64)65/h16-23,31-34,36,40-42,45,47-49H,13-15,24-30H2,1-12H3,(H,53,61)/t33-,34-,36+,41-,42-,45+,47-,48-,49+/m0/s1. The second kappa shape index (κ2) is 26.6. The van der Waals surface area contributed by atoms with Gasteiger partial charge in [0.25, 0.3) is 5.69 Å². The van der Waals surface area contributed by atoms with Crippen LogP contribution in [0.3, 0.4) is 0 Å². The fourth-order valence-corrected chi connectivity index (χ4v) is 11.4. The molecule has 400 valence electrons. The molecule has 1 aliphatic carbocycles. The molecule has 9 atom stereocenters. The number of sulfonamides is 1. The number of hydrogen-bond donors (Lipinski definition) is 1. The lowest BCUT2D eigenvalue weighted by atomic mass is 9.83. The molecule has 2 fully saturated rings. The number of likely N-dealkylation sites (tertiary alicyclic amines) is 1. The summed E-state index contributed by atoms with van der Waals surface area (Å²) in [7, 11) is 4.46. The quantitative estimate of drug-likeness (QED) is 0.0407. The third-order valence-corrected chi connectivity index (χ3v) is 16.1. The second-order valence-corrected chi connectivity index (χ2v) is 22.4. The Morgan fingerprint density at radius 1 is 0.806 bits per heavy atom. The number of hydrogen-bond acceptors (Lipinski definition) is 15. The van der Waals surface area contributed by atoms with Gasteiger partial charge < -0.3 is 28.7 Å². The van der Waals surface area contributed by atoms with Gasteiger partial charge in [0, 0.05) is 70.5 Å². The van der Waals surface area contributed by atoms with Crippen LogP contribution in [0.25, 0.3) is 0 Å². The third kappa shape index (κ3) is 15.8. The Balaban J connectivity index is 1.49. The van der Waals surface area contributed by atoms with E-state index in [4.69, 9.17) is 18.9 Å². The number of nitro groups is 1. The highest BCUT2D eigenvalue weighted by atomic mass is 32.2. The molecule has 0 spiro atoms. The second-order valence-electron chi connectivity index (χ2n) is 20.4. The van der Waals surface area contributed by atoms with E-state index < -0.39 is 74.3 Å². The van der Waals surface area contributed by atoms with Gasteiger partial charge in [-0.2, -0.15) is 0 Å². The van der Waals surface area contributed by atoms with E-state index >= 15 is 0 Å². The maximum atomic E-state index is 14.5. The summed E-state index contributed by atoms with van der Waals surface area (Å²) in [4.78, 5) is 98.7. The number of methoxy groups -OCH3 is 2. The Morgan fingerprint density at radius 2 is 1.39 bits per heavy atom. The number of Topliss-reactive ketones (excluding diaryl/α,β-unsaturated/α-hetero) is 2. The number of benzene rings is 2. The molecule has 0 radical (unpaired) electrons. The predicted molar refractivity (Wildman–Crippen MR) is 269 cm³/mol. The number of carbonyl (C=O) groups is 6. The van der Waals surface area contributed by atoms with Crippen molar-refractivity contribution in [3.05, 3.63) is 64.2 Å². The van der Waals surface area contributed by atoms with Crippen LogP contribution in [0, 0.1) is 45.6 Å². The molecule has 1 aliphatic heterocycles. The summed E-state index contributed by atoms with van der Waals surface area (Å²) in [5.41, 5.74) is 0.340. The van der Waals surface area contributed by atoms with Crippen LogP contribution >= 0.6 is 0 Å². The first-order valence-corrected chi connectivity index (χ1v) is 26.5. The van der Waals surface area contributed by atoms with Gasteiger partial charge in [0.1, 0.15) is 17.3 Å². The van der Waals surface area contributed by atoms with E-state index in [1.165, 1.54) is 50.6 Å². The van der Waals surface area contributed by atoms with Crippen LogP contribution in [-0.2, 0) is 49.9 Å². The molecule has 1 saturated carbocycles. The van der Waals surface area contributed by atoms with Crippen molar-refractivity contribution >= 4 is 51.2 Å². The first-order valence-electron chi connectivity index (χ1n) is 25.0. The molecule has 1 saturated heterocycles. The minimum Gasteiger partial charge on any atom is -0.395 e. The van der Waals surface area contributed by atoms with E-state index in [0.29, 0.717) is 44.2 Å². The molecule has 72 heavy (non-hydrogen) atoms. The van der Waals surface area contributed by atoms with Crippen LogP contribution in [0.1, 0.15) is 105 Å². The van der Waals surface area contributed by atoms with Crippen molar-refractivity contribution in [3.8, 4) is 11.5 Å². The molecule has 2 aromatic carbocycles.